The van der Waals surface area contributed by atoms with E-state index in [-0.39, 0.29) is 0 Å². The number of rotatable bonds is 9. The number of nitrogens with zero attached hydrogens (tertiary/aromatic N) is 1. The van der Waals surface area contributed by atoms with Gasteiger partial charge in [-0.05, 0) is 35.5 Å². The molecular weight excluding hydrogens is 280 g/mol. The van der Waals surface area contributed by atoms with Crippen molar-refractivity contribution in [2.75, 3.05) is 13.2 Å². The molecule has 3 nitrogen and oxygen atoms in total. The Hall–Kier alpha value is -1.23. The van der Waals surface area contributed by atoms with Gasteiger partial charge in [0, 0.05) is 24.0 Å². The Kier molecular flexibility index (Phi) is 6.86. The van der Waals surface area contributed by atoms with E-state index in [0.717, 1.165) is 31.8 Å². The molecule has 2 rings (SSSR count). The van der Waals surface area contributed by atoms with E-state index in [0.29, 0.717) is 12.5 Å². The highest BCUT2D eigenvalue weighted by Gasteiger charge is 1.99. The number of thiophene rings is 1. The zero-order valence-corrected chi connectivity index (χ0v) is 13.7. The molecule has 0 aliphatic carbocycles. The van der Waals surface area contributed by atoms with E-state index in [4.69, 9.17) is 4.74 Å². The molecule has 0 radical (unpaired) electrons. The maximum atomic E-state index is 5.67. The number of nitrogens with one attached hydrogen (secondary N) is 1. The summed E-state index contributed by atoms with van der Waals surface area (Å²) in [6.45, 7) is 7.67. The first kappa shape index (κ1) is 16.1. The molecule has 0 bridgehead atoms. The van der Waals surface area contributed by atoms with Crippen molar-refractivity contribution in [1.29, 1.82) is 0 Å². The quantitative estimate of drug-likeness (QED) is 0.718. The van der Waals surface area contributed by atoms with E-state index in [1.807, 2.05) is 6.20 Å². The molecule has 0 atom stereocenters. The Bertz CT molecular complexity index is 494. The van der Waals surface area contributed by atoms with Crippen LogP contribution in [0.3, 0.4) is 0 Å². The third kappa shape index (κ3) is 6.38. The molecule has 2 heterocycles. The van der Waals surface area contributed by atoms with E-state index in [1.54, 1.807) is 11.3 Å². The van der Waals surface area contributed by atoms with Gasteiger partial charge < -0.3 is 10.1 Å². The van der Waals surface area contributed by atoms with E-state index in [1.165, 1.54) is 10.4 Å². The number of aromatic nitrogens is 1. The van der Waals surface area contributed by atoms with Crippen LogP contribution in [0.5, 0.6) is 0 Å². The molecule has 114 valence electrons. The Labute approximate surface area is 131 Å². The predicted octanol–water partition coefficient (Wildman–Crippen LogP) is 3.65. The van der Waals surface area contributed by atoms with Gasteiger partial charge in [0.2, 0.25) is 0 Å². The molecule has 0 aliphatic rings. The lowest BCUT2D eigenvalue weighted by Gasteiger charge is -2.08. The third-order valence-corrected chi connectivity index (χ3v) is 4.03. The van der Waals surface area contributed by atoms with Gasteiger partial charge in [-0.1, -0.05) is 26.0 Å². The van der Waals surface area contributed by atoms with Crippen molar-refractivity contribution in [3.63, 3.8) is 0 Å². The fraction of sp³-hybridized carbons (Fsp3) is 0.471. The molecule has 1 N–H and O–H groups in total. The summed E-state index contributed by atoms with van der Waals surface area (Å²) in [6, 6.07) is 8.40. The Morgan fingerprint density at radius 3 is 2.86 bits per heavy atom. The van der Waals surface area contributed by atoms with Gasteiger partial charge in [0.05, 0.1) is 18.9 Å². The van der Waals surface area contributed by atoms with Crippen LogP contribution in [0.15, 0.2) is 35.8 Å². The Morgan fingerprint density at radius 2 is 2.19 bits per heavy atom. The summed E-state index contributed by atoms with van der Waals surface area (Å²) in [5.74, 6) is 0.675. The zero-order valence-electron chi connectivity index (χ0n) is 12.8. The number of pyridine rings is 1. The van der Waals surface area contributed by atoms with Crippen LogP contribution in [0, 0.1) is 5.92 Å². The Balaban J connectivity index is 1.65. The van der Waals surface area contributed by atoms with Crippen molar-refractivity contribution in [1.82, 2.24) is 10.3 Å². The van der Waals surface area contributed by atoms with E-state index in [9.17, 15) is 0 Å². The second-order valence-electron chi connectivity index (χ2n) is 5.56. The molecule has 0 unspecified atom stereocenters. The number of hydrogen-bond acceptors (Lipinski definition) is 4. The smallest absolute Gasteiger partial charge is 0.0887 e. The molecule has 0 amide bonds. The van der Waals surface area contributed by atoms with Gasteiger partial charge in [-0.15, -0.1) is 11.3 Å². The molecule has 0 spiro atoms. The van der Waals surface area contributed by atoms with Crippen molar-refractivity contribution in [2.24, 2.45) is 5.92 Å². The van der Waals surface area contributed by atoms with Crippen LogP contribution in [0.1, 0.15) is 30.0 Å². The highest BCUT2D eigenvalue weighted by atomic mass is 32.1. The summed E-state index contributed by atoms with van der Waals surface area (Å²) in [5.41, 5.74) is 2.21. The normalized spacial score (nSPS) is 11.2. The first-order valence-electron chi connectivity index (χ1n) is 7.48. The summed E-state index contributed by atoms with van der Waals surface area (Å²) < 4.78 is 5.67. The molecule has 0 aliphatic heterocycles. The van der Waals surface area contributed by atoms with Crippen molar-refractivity contribution in [3.8, 4) is 0 Å². The minimum atomic E-state index is 0.588. The summed E-state index contributed by atoms with van der Waals surface area (Å²) in [6.07, 6.45) is 2.92. The van der Waals surface area contributed by atoms with Gasteiger partial charge in [0.15, 0.2) is 0 Å². The third-order valence-electron chi connectivity index (χ3n) is 3.09. The molecule has 4 heteroatoms. The van der Waals surface area contributed by atoms with Gasteiger partial charge in [-0.25, -0.2) is 0 Å². The van der Waals surface area contributed by atoms with Crippen LogP contribution < -0.4 is 5.32 Å². The van der Waals surface area contributed by atoms with Crippen molar-refractivity contribution >= 4 is 11.3 Å². The first-order valence-corrected chi connectivity index (χ1v) is 8.36. The first-order chi connectivity index (χ1) is 10.2. The lowest BCUT2D eigenvalue weighted by molar-refractivity contribution is 0.121. The maximum absolute atomic E-state index is 5.67. The molecule has 0 saturated carbocycles. The SMILES string of the molecule is CC(C)CNCc1ccc(COCCc2cccs2)nc1. The second kappa shape index (κ2) is 8.93. The minimum Gasteiger partial charge on any atom is -0.375 e. The van der Waals surface area contributed by atoms with Crippen LogP contribution in [-0.4, -0.2) is 18.1 Å². The fourth-order valence-corrected chi connectivity index (χ4v) is 2.64. The molecule has 21 heavy (non-hydrogen) atoms. The summed E-state index contributed by atoms with van der Waals surface area (Å²) in [4.78, 5) is 5.82. The van der Waals surface area contributed by atoms with E-state index < -0.39 is 0 Å². The topological polar surface area (TPSA) is 34.1 Å². The van der Waals surface area contributed by atoms with Gasteiger partial charge in [-0.2, -0.15) is 0 Å². The van der Waals surface area contributed by atoms with Crippen LogP contribution in [0.25, 0.3) is 0 Å². The van der Waals surface area contributed by atoms with Crippen molar-refractivity contribution < 1.29 is 4.74 Å². The van der Waals surface area contributed by atoms with Crippen molar-refractivity contribution in [2.45, 2.75) is 33.4 Å². The standard InChI is InChI=1S/C17H24N2OS/c1-14(2)10-18-11-15-5-6-16(19-12-15)13-20-8-7-17-4-3-9-21-17/h3-6,9,12,14,18H,7-8,10-11,13H2,1-2H3. The zero-order chi connectivity index (χ0) is 14.9. The highest BCUT2D eigenvalue weighted by Crippen LogP contribution is 2.09. The minimum absolute atomic E-state index is 0.588. The Morgan fingerprint density at radius 1 is 1.29 bits per heavy atom. The van der Waals surface area contributed by atoms with Crippen molar-refractivity contribution in [3.05, 3.63) is 52.0 Å². The average Bonchev–Trinajstić information content (AvgIpc) is 2.98. The lowest BCUT2D eigenvalue weighted by atomic mass is 10.2. The fourth-order valence-electron chi connectivity index (χ4n) is 1.95. The van der Waals surface area contributed by atoms with Gasteiger partial charge in [-0.3, -0.25) is 4.98 Å². The maximum Gasteiger partial charge on any atom is 0.0887 e. The average molecular weight is 304 g/mol. The lowest BCUT2D eigenvalue weighted by Crippen LogP contribution is -2.19. The molecule has 0 saturated heterocycles. The summed E-state index contributed by atoms with van der Waals surface area (Å²) >= 11 is 1.78. The number of ether oxygens (including phenoxy) is 1. The molecule has 2 aromatic rings. The molecule has 0 fully saturated rings. The van der Waals surface area contributed by atoms with E-state index in [2.05, 4.69) is 53.8 Å². The van der Waals surface area contributed by atoms with Gasteiger partial charge in [0.1, 0.15) is 0 Å². The van der Waals surface area contributed by atoms with Crippen LogP contribution >= 0.6 is 11.3 Å². The monoisotopic (exact) mass is 304 g/mol. The summed E-state index contributed by atoms with van der Waals surface area (Å²) in [7, 11) is 0. The van der Waals surface area contributed by atoms with Gasteiger partial charge in [0.25, 0.3) is 0 Å². The number of hydrogen-bond donors (Lipinski definition) is 1. The highest BCUT2D eigenvalue weighted by molar-refractivity contribution is 7.09. The van der Waals surface area contributed by atoms with Crippen LogP contribution in [0.2, 0.25) is 0 Å². The largest absolute Gasteiger partial charge is 0.375 e. The van der Waals surface area contributed by atoms with E-state index >= 15 is 0 Å². The molecule has 0 aromatic carbocycles. The predicted molar refractivity (Wildman–Crippen MR) is 88.5 cm³/mol. The second-order valence-corrected chi connectivity index (χ2v) is 6.60. The van der Waals surface area contributed by atoms with Gasteiger partial charge >= 0.3 is 0 Å². The summed E-state index contributed by atoms with van der Waals surface area (Å²) in [5, 5.41) is 5.52. The molecule has 2 aromatic heterocycles. The van der Waals surface area contributed by atoms with Crippen LogP contribution in [0.4, 0.5) is 0 Å². The molecular formula is C17H24N2OS. The van der Waals surface area contributed by atoms with Crippen LogP contribution in [-0.2, 0) is 24.3 Å².